The van der Waals surface area contributed by atoms with Crippen molar-refractivity contribution in [2.45, 2.75) is 32.2 Å². The summed E-state index contributed by atoms with van der Waals surface area (Å²) < 4.78 is 0. The molecule has 0 bridgehead atoms. The summed E-state index contributed by atoms with van der Waals surface area (Å²) in [6, 6.07) is 0.418. The van der Waals surface area contributed by atoms with Crippen LogP contribution in [0.3, 0.4) is 0 Å². The van der Waals surface area contributed by atoms with E-state index in [0.29, 0.717) is 11.5 Å². The minimum absolute atomic E-state index is 0. The molecule has 0 saturated carbocycles. The molecule has 2 aliphatic heterocycles. The molecule has 3 N–H and O–H groups in total. The number of hydrogen-bond donors (Lipinski definition) is 2. The van der Waals surface area contributed by atoms with E-state index in [-0.39, 0.29) is 12.4 Å². The summed E-state index contributed by atoms with van der Waals surface area (Å²) in [6.07, 6.45) is 3.81. The van der Waals surface area contributed by atoms with Crippen LogP contribution in [-0.4, -0.2) is 43.7 Å². The third-order valence-electron chi connectivity index (χ3n) is 3.60. The monoisotopic (exact) mass is 233 g/mol. The molecular weight excluding hydrogens is 210 g/mol. The van der Waals surface area contributed by atoms with E-state index in [1.165, 1.54) is 45.4 Å². The fourth-order valence-corrected chi connectivity index (χ4v) is 2.78. The molecule has 0 radical (unpaired) electrons. The number of rotatable bonds is 2. The van der Waals surface area contributed by atoms with Crippen molar-refractivity contribution in [3.63, 3.8) is 0 Å². The fourth-order valence-electron chi connectivity index (χ4n) is 2.78. The first kappa shape index (κ1) is 13.2. The summed E-state index contributed by atoms with van der Waals surface area (Å²) in [4.78, 5) is 2.56. The molecule has 0 aromatic rings. The Morgan fingerprint density at radius 3 is 2.93 bits per heavy atom. The third-order valence-corrected chi connectivity index (χ3v) is 3.60. The Labute approximate surface area is 99.2 Å². The minimum Gasteiger partial charge on any atom is -0.327 e. The number of hydrogen-bond acceptors (Lipinski definition) is 3. The van der Waals surface area contributed by atoms with Crippen molar-refractivity contribution in [3.05, 3.63) is 0 Å². The smallest absolute Gasteiger partial charge is 0.0168 e. The molecule has 15 heavy (non-hydrogen) atoms. The highest BCUT2D eigenvalue weighted by Crippen LogP contribution is 2.26. The first-order chi connectivity index (χ1) is 6.68. The predicted octanol–water partition coefficient (Wildman–Crippen LogP) is 0.831. The summed E-state index contributed by atoms with van der Waals surface area (Å²) in [5.74, 6) is 0. The fraction of sp³-hybridized carbons (Fsp3) is 1.00. The standard InChI is InChI=1S/C11H23N3.ClH/c1-11(4-5-13-8-11)9-14-6-2-3-10(12)7-14;/h10,13H,2-9,12H2,1H3;1H. The Bertz CT molecular complexity index is 192. The van der Waals surface area contributed by atoms with Crippen LogP contribution in [0.2, 0.25) is 0 Å². The van der Waals surface area contributed by atoms with E-state index >= 15 is 0 Å². The van der Waals surface area contributed by atoms with E-state index < -0.39 is 0 Å². The van der Waals surface area contributed by atoms with Crippen molar-refractivity contribution in [2.24, 2.45) is 11.1 Å². The van der Waals surface area contributed by atoms with Crippen molar-refractivity contribution in [3.8, 4) is 0 Å². The molecule has 2 heterocycles. The van der Waals surface area contributed by atoms with Crippen LogP contribution in [0.25, 0.3) is 0 Å². The number of piperidine rings is 1. The zero-order chi connectivity index (χ0) is 10.0. The van der Waals surface area contributed by atoms with Gasteiger partial charge in [-0.15, -0.1) is 12.4 Å². The first-order valence-electron chi connectivity index (χ1n) is 5.87. The molecule has 90 valence electrons. The normalized spacial score (nSPS) is 37.6. The van der Waals surface area contributed by atoms with E-state index in [9.17, 15) is 0 Å². The van der Waals surface area contributed by atoms with Gasteiger partial charge < -0.3 is 16.0 Å². The van der Waals surface area contributed by atoms with Crippen LogP contribution in [0.4, 0.5) is 0 Å². The molecule has 2 rings (SSSR count). The minimum atomic E-state index is 0. The van der Waals surface area contributed by atoms with Gasteiger partial charge in [-0.3, -0.25) is 0 Å². The Morgan fingerprint density at radius 2 is 2.33 bits per heavy atom. The molecule has 4 heteroatoms. The van der Waals surface area contributed by atoms with Gasteiger partial charge in [0.2, 0.25) is 0 Å². The van der Waals surface area contributed by atoms with Gasteiger partial charge in [-0.2, -0.15) is 0 Å². The van der Waals surface area contributed by atoms with E-state index in [2.05, 4.69) is 17.1 Å². The van der Waals surface area contributed by atoms with E-state index in [0.717, 1.165) is 6.54 Å². The molecule has 0 amide bonds. The molecule has 0 aliphatic carbocycles. The maximum absolute atomic E-state index is 5.99. The highest BCUT2D eigenvalue weighted by Gasteiger charge is 2.31. The number of nitrogens with zero attached hydrogens (tertiary/aromatic N) is 1. The van der Waals surface area contributed by atoms with Crippen LogP contribution in [0.1, 0.15) is 26.2 Å². The highest BCUT2D eigenvalue weighted by molar-refractivity contribution is 5.85. The topological polar surface area (TPSA) is 41.3 Å². The largest absolute Gasteiger partial charge is 0.327 e. The molecular formula is C11H24ClN3. The lowest BCUT2D eigenvalue weighted by Crippen LogP contribution is -2.47. The van der Waals surface area contributed by atoms with E-state index in [4.69, 9.17) is 5.73 Å². The summed E-state index contributed by atoms with van der Waals surface area (Å²) in [5.41, 5.74) is 6.48. The lowest BCUT2D eigenvalue weighted by atomic mass is 9.88. The maximum atomic E-state index is 5.99. The molecule has 2 atom stereocenters. The number of likely N-dealkylation sites (tertiary alicyclic amines) is 1. The van der Waals surface area contributed by atoms with Gasteiger partial charge in [0.1, 0.15) is 0 Å². The van der Waals surface area contributed by atoms with Crippen LogP contribution >= 0.6 is 12.4 Å². The second-order valence-corrected chi connectivity index (χ2v) is 5.37. The molecule has 0 aromatic carbocycles. The van der Waals surface area contributed by atoms with Gasteiger partial charge >= 0.3 is 0 Å². The zero-order valence-corrected chi connectivity index (χ0v) is 10.5. The van der Waals surface area contributed by atoms with Gasteiger partial charge in [-0.1, -0.05) is 6.92 Å². The molecule has 2 aliphatic rings. The van der Waals surface area contributed by atoms with Gasteiger partial charge in [-0.25, -0.2) is 0 Å². The van der Waals surface area contributed by atoms with Gasteiger partial charge in [-0.05, 0) is 37.8 Å². The van der Waals surface area contributed by atoms with Gasteiger partial charge in [0.05, 0.1) is 0 Å². The van der Waals surface area contributed by atoms with Crippen LogP contribution in [0.15, 0.2) is 0 Å². The predicted molar refractivity (Wildman–Crippen MR) is 66.5 cm³/mol. The maximum Gasteiger partial charge on any atom is 0.0168 e. The number of nitrogens with two attached hydrogens (primary N) is 1. The average Bonchev–Trinajstić information content (AvgIpc) is 2.51. The molecule has 2 fully saturated rings. The highest BCUT2D eigenvalue weighted by atomic mass is 35.5. The van der Waals surface area contributed by atoms with Crippen molar-refractivity contribution >= 4 is 12.4 Å². The Kier molecular flexibility index (Phi) is 4.84. The third kappa shape index (κ3) is 3.59. The molecule has 3 nitrogen and oxygen atoms in total. The molecule has 2 saturated heterocycles. The number of nitrogens with one attached hydrogen (secondary N) is 1. The van der Waals surface area contributed by atoms with Gasteiger partial charge in [0.25, 0.3) is 0 Å². The van der Waals surface area contributed by atoms with Gasteiger partial charge in [0, 0.05) is 25.7 Å². The van der Waals surface area contributed by atoms with Crippen molar-refractivity contribution in [2.75, 3.05) is 32.7 Å². The lowest BCUT2D eigenvalue weighted by Gasteiger charge is -2.36. The first-order valence-corrected chi connectivity index (χ1v) is 5.87. The van der Waals surface area contributed by atoms with Crippen molar-refractivity contribution in [1.82, 2.24) is 10.2 Å². The van der Waals surface area contributed by atoms with Crippen LogP contribution in [0.5, 0.6) is 0 Å². The Balaban J connectivity index is 0.00000112. The van der Waals surface area contributed by atoms with E-state index in [1.807, 2.05) is 0 Å². The lowest BCUT2D eigenvalue weighted by molar-refractivity contribution is 0.142. The summed E-state index contributed by atoms with van der Waals surface area (Å²) in [7, 11) is 0. The quantitative estimate of drug-likeness (QED) is 0.743. The van der Waals surface area contributed by atoms with Crippen LogP contribution in [-0.2, 0) is 0 Å². The van der Waals surface area contributed by atoms with Crippen molar-refractivity contribution < 1.29 is 0 Å². The summed E-state index contributed by atoms with van der Waals surface area (Å²) in [5, 5.41) is 3.46. The molecule has 0 spiro atoms. The molecule has 0 aromatic heterocycles. The number of halogens is 1. The Hall–Kier alpha value is 0.170. The van der Waals surface area contributed by atoms with Crippen LogP contribution < -0.4 is 11.1 Å². The SMILES string of the molecule is CC1(CN2CCCC(N)C2)CCNC1.Cl. The van der Waals surface area contributed by atoms with E-state index in [1.54, 1.807) is 0 Å². The van der Waals surface area contributed by atoms with Crippen LogP contribution in [0, 0.1) is 5.41 Å². The second kappa shape index (κ2) is 5.48. The summed E-state index contributed by atoms with van der Waals surface area (Å²) >= 11 is 0. The zero-order valence-electron chi connectivity index (χ0n) is 9.67. The molecule has 2 unspecified atom stereocenters. The summed E-state index contributed by atoms with van der Waals surface area (Å²) in [6.45, 7) is 8.36. The average molecular weight is 234 g/mol. The van der Waals surface area contributed by atoms with Gasteiger partial charge in [0.15, 0.2) is 0 Å². The van der Waals surface area contributed by atoms with Crippen molar-refractivity contribution in [1.29, 1.82) is 0 Å². The Morgan fingerprint density at radius 1 is 1.53 bits per heavy atom. The second-order valence-electron chi connectivity index (χ2n) is 5.37.